The molecule has 0 saturated carbocycles. The lowest BCUT2D eigenvalue weighted by Gasteiger charge is -2.28. The van der Waals surface area contributed by atoms with Crippen molar-refractivity contribution in [1.29, 1.82) is 0 Å². The number of hydrogen-bond acceptors (Lipinski definition) is 3. The van der Waals surface area contributed by atoms with Crippen molar-refractivity contribution in [1.82, 2.24) is 4.90 Å². The Morgan fingerprint density at radius 2 is 1.86 bits per heavy atom. The monoisotopic (exact) mass is 291 g/mol. The van der Waals surface area contributed by atoms with E-state index in [4.69, 9.17) is 4.74 Å². The summed E-state index contributed by atoms with van der Waals surface area (Å²) in [7, 11) is 0. The summed E-state index contributed by atoms with van der Waals surface area (Å²) in [6, 6.07) is 6.94. The number of carbonyl (C=O) groups is 1. The molecule has 1 saturated heterocycles. The first kappa shape index (κ1) is 15.8. The lowest BCUT2D eigenvalue weighted by molar-refractivity contribution is -0.143. The molecule has 0 aromatic heterocycles. The van der Waals surface area contributed by atoms with Crippen LogP contribution in [0.25, 0.3) is 0 Å². The molecule has 2 rings (SSSR count). The molecule has 1 aliphatic heterocycles. The molecule has 1 N–H and O–H groups in total. The van der Waals surface area contributed by atoms with Crippen LogP contribution in [0.2, 0.25) is 0 Å². The van der Waals surface area contributed by atoms with Crippen molar-refractivity contribution >= 4 is 5.97 Å². The molecule has 1 aromatic carbocycles. The van der Waals surface area contributed by atoms with E-state index in [2.05, 4.69) is 4.90 Å². The number of aliphatic carboxylic acids is 1. The van der Waals surface area contributed by atoms with Gasteiger partial charge in [0, 0.05) is 0 Å². The normalized spacial score (nSPS) is 18.2. The lowest BCUT2D eigenvalue weighted by Crippen LogP contribution is -2.34. The van der Waals surface area contributed by atoms with Gasteiger partial charge in [0.25, 0.3) is 0 Å². The van der Waals surface area contributed by atoms with Gasteiger partial charge in [0.2, 0.25) is 0 Å². The third kappa shape index (κ3) is 4.46. The van der Waals surface area contributed by atoms with Crippen LogP contribution >= 0.6 is 0 Å². The minimum absolute atomic E-state index is 0.0849. The van der Waals surface area contributed by atoms with E-state index in [0.717, 1.165) is 37.2 Å². The maximum absolute atomic E-state index is 11.8. The molecule has 1 unspecified atom stereocenters. The van der Waals surface area contributed by atoms with Gasteiger partial charge in [0.05, 0.1) is 6.10 Å². The van der Waals surface area contributed by atoms with E-state index in [9.17, 15) is 9.90 Å². The average molecular weight is 291 g/mol. The largest absolute Gasteiger partial charge is 0.491 e. The second-order valence-electron chi connectivity index (χ2n) is 5.93. The summed E-state index contributed by atoms with van der Waals surface area (Å²) in [6.45, 7) is 5.64. The zero-order chi connectivity index (χ0) is 15.2. The zero-order valence-corrected chi connectivity index (χ0v) is 12.9. The third-order valence-corrected chi connectivity index (χ3v) is 3.79. The Balaban J connectivity index is 2.22. The van der Waals surface area contributed by atoms with E-state index in [1.54, 1.807) is 0 Å². The quantitative estimate of drug-likeness (QED) is 0.902. The first-order chi connectivity index (χ1) is 10.1. The Bertz CT molecular complexity index is 465. The summed E-state index contributed by atoms with van der Waals surface area (Å²) in [6.07, 6.45) is 4.62. The molecule has 1 heterocycles. The van der Waals surface area contributed by atoms with Crippen molar-refractivity contribution in [2.75, 3.05) is 13.1 Å². The highest BCUT2D eigenvalue weighted by Gasteiger charge is 2.28. The third-order valence-electron chi connectivity index (χ3n) is 3.79. The molecular formula is C17H25NO3. The molecule has 0 aliphatic carbocycles. The topological polar surface area (TPSA) is 49.8 Å². The SMILES string of the molecule is CC(C)Oc1cccc(C(C(=O)O)N2CCCCCC2)c1. The van der Waals surface area contributed by atoms with Gasteiger partial charge in [-0.3, -0.25) is 9.69 Å². The van der Waals surface area contributed by atoms with Gasteiger partial charge in [-0.1, -0.05) is 25.0 Å². The van der Waals surface area contributed by atoms with E-state index >= 15 is 0 Å². The lowest BCUT2D eigenvalue weighted by atomic mass is 10.0. The smallest absolute Gasteiger partial charge is 0.325 e. The molecule has 1 fully saturated rings. The van der Waals surface area contributed by atoms with Crippen LogP contribution in [0.15, 0.2) is 24.3 Å². The Labute approximate surface area is 126 Å². The highest BCUT2D eigenvalue weighted by molar-refractivity contribution is 5.75. The minimum Gasteiger partial charge on any atom is -0.491 e. The molecular weight excluding hydrogens is 266 g/mol. The van der Waals surface area contributed by atoms with Gasteiger partial charge in [-0.25, -0.2) is 0 Å². The highest BCUT2D eigenvalue weighted by Crippen LogP contribution is 2.27. The van der Waals surface area contributed by atoms with Gasteiger partial charge in [-0.2, -0.15) is 0 Å². The predicted octanol–water partition coefficient (Wildman–Crippen LogP) is 3.48. The van der Waals surface area contributed by atoms with E-state index < -0.39 is 12.0 Å². The molecule has 1 atom stereocenters. The van der Waals surface area contributed by atoms with Crippen molar-refractivity contribution in [3.05, 3.63) is 29.8 Å². The molecule has 21 heavy (non-hydrogen) atoms. The number of ether oxygens (including phenoxy) is 1. The Kier molecular flexibility index (Phi) is 5.62. The van der Waals surface area contributed by atoms with Crippen LogP contribution in [0.1, 0.15) is 51.1 Å². The van der Waals surface area contributed by atoms with Crippen LogP contribution in [0.5, 0.6) is 5.75 Å². The second kappa shape index (κ2) is 7.46. The second-order valence-corrected chi connectivity index (χ2v) is 5.93. The van der Waals surface area contributed by atoms with Gasteiger partial charge in [0.1, 0.15) is 11.8 Å². The van der Waals surface area contributed by atoms with Crippen LogP contribution in [0, 0.1) is 0 Å². The van der Waals surface area contributed by atoms with Gasteiger partial charge >= 0.3 is 5.97 Å². The van der Waals surface area contributed by atoms with Crippen molar-refractivity contribution in [3.63, 3.8) is 0 Å². The van der Waals surface area contributed by atoms with E-state index in [0.29, 0.717) is 0 Å². The highest BCUT2D eigenvalue weighted by atomic mass is 16.5. The van der Waals surface area contributed by atoms with E-state index in [1.807, 2.05) is 38.1 Å². The molecule has 1 aromatic rings. The summed E-state index contributed by atoms with van der Waals surface area (Å²) in [5, 5.41) is 9.66. The number of benzene rings is 1. The number of carboxylic acids is 1. The number of carboxylic acid groups (broad SMARTS) is 1. The first-order valence-corrected chi connectivity index (χ1v) is 7.81. The number of hydrogen-bond donors (Lipinski definition) is 1. The maximum Gasteiger partial charge on any atom is 0.325 e. The van der Waals surface area contributed by atoms with Gasteiger partial charge in [-0.05, 0) is 57.5 Å². The Morgan fingerprint density at radius 3 is 2.43 bits per heavy atom. The van der Waals surface area contributed by atoms with Crippen LogP contribution < -0.4 is 4.74 Å². The maximum atomic E-state index is 11.8. The molecule has 4 nitrogen and oxygen atoms in total. The fourth-order valence-electron chi connectivity index (χ4n) is 2.89. The van der Waals surface area contributed by atoms with Crippen molar-refractivity contribution in [2.45, 2.75) is 51.7 Å². The summed E-state index contributed by atoms with van der Waals surface area (Å²) in [5.74, 6) is -0.0397. The molecule has 0 amide bonds. The number of rotatable bonds is 5. The molecule has 4 heteroatoms. The molecule has 0 radical (unpaired) electrons. The summed E-state index contributed by atoms with van der Waals surface area (Å²) in [5.41, 5.74) is 0.808. The summed E-state index contributed by atoms with van der Waals surface area (Å²) < 4.78 is 5.69. The minimum atomic E-state index is -0.779. The fourth-order valence-corrected chi connectivity index (χ4v) is 2.89. The van der Waals surface area contributed by atoms with Gasteiger partial charge < -0.3 is 9.84 Å². The Morgan fingerprint density at radius 1 is 1.19 bits per heavy atom. The van der Waals surface area contributed by atoms with E-state index in [1.165, 1.54) is 12.8 Å². The van der Waals surface area contributed by atoms with Crippen LogP contribution in [-0.2, 0) is 4.79 Å². The summed E-state index contributed by atoms with van der Waals surface area (Å²) >= 11 is 0. The molecule has 0 bridgehead atoms. The van der Waals surface area contributed by atoms with Crippen molar-refractivity contribution < 1.29 is 14.6 Å². The summed E-state index contributed by atoms with van der Waals surface area (Å²) in [4.78, 5) is 13.8. The average Bonchev–Trinajstić information content (AvgIpc) is 2.67. The predicted molar refractivity (Wildman–Crippen MR) is 82.6 cm³/mol. The van der Waals surface area contributed by atoms with Crippen LogP contribution in [0.4, 0.5) is 0 Å². The first-order valence-electron chi connectivity index (χ1n) is 7.81. The number of likely N-dealkylation sites (tertiary alicyclic amines) is 1. The van der Waals surface area contributed by atoms with E-state index in [-0.39, 0.29) is 6.10 Å². The Hall–Kier alpha value is -1.55. The van der Waals surface area contributed by atoms with Gasteiger partial charge in [0.15, 0.2) is 0 Å². The fraction of sp³-hybridized carbons (Fsp3) is 0.588. The molecule has 116 valence electrons. The van der Waals surface area contributed by atoms with Crippen molar-refractivity contribution in [3.8, 4) is 5.75 Å². The molecule has 0 spiro atoms. The standard InChI is InChI=1S/C17H25NO3/c1-13(2)21-15-9-7-8-14(12-15)16(17(19)20)18-10-5-3-4-6-11-18/h7-9,12-13,16H,3-6,10-11H2,1-2H3,(H,19,20). The van der Waals surface area contributed by atoms with Crippen LogP contribution in [0.3, 0.4) is 0 Å². The van der Waals surface area contributed by atoms with Gasteiger partial charge in [-0.15, -0.1) is 0 Å². The number of nitrogens with zero attached hydrogens (tertiary/aromatic N) is 1. The van der Waals surface area contributed by atoms with Crippen molar-refractivity contribution in [2.24, 2.45) is 0 Å². The van der Waals surface area contributed by atoms with Crippen LogP contribution in [-0.4, -0.2) is 35.2 Å². The molecule has 1 aliphatic rings. The zero-order valence-electron chi connectivity index (χ0n) is 12.9.